The van der Waals surface area contributed by atoms with Gasteiger partial charge in [0.2, 0.25) is 10.0 Å². The number of carbonyl (C=O) groups excluding carboxylic acids is 2. The molecule has 11 nitrogen and oxygen atoms in total. The molecule has 3 fully saturated rings. The first-order valence-corrected chi connectivity index (χ1v) is 31.9. The van der Waals surface area contributed by atoms with Gasteiger partial charge in [-0.3, -0.25) is 14.5 Å². The van der Waals surface area contributed by atoms with Crippen LogP contribution in [0.2, 0.25) is 10.1 Å². The van der Waals surface area contributed by atoms with E-state index in [2.05, 4.69) is 99.6 Å². The van der Waals surface area contributed by atoms with Gasteiger partial charge in [-0.15, -0.1) is 0 Å². The Morgan fingerprint density at radius 2 is 1.68 bits per heavy atom. The first kappa shape index (κ1) is 54.6. The van der Waals surface area contributed by atoms with Gasteiger partial charge in [0, 0.05) is 73.8 Å². The van der Waals surface area contributed by atoms with Crippen molar-refractivity contribution in [2.75, 3.05) is 75.5 Å². The molecule has 0 unspecified atom stereocenters. The van der Waals surface area contributed by atoms with Crippen molar-refractivity contribution in [3.63, 3.8) is 0 Å². The minimum Gasteiger partial charge on any atom is -0.490 e. The summed E-state index contributed by atoms with van der Waals surface area (Å²) in [4.78, 5) is 34.8. The van der Waals surface area contributed by atoms with E-state index < -0.39 is 35.4 Å². The molecule has 0 aromatic heterocycles. The first-order chi connectivity index (χ1) is 34.7. The third kappa shape index (κ3) is 11.9. The second kappa shape index (κ2) is 23.9. The van der Waals surface area contributed by atoms with Crippen molar-refractivity contribution >= 4 is 80.3 Å². The van der Waals surface area contributed by atoms with Crippen LogP contribution in [0, 0.1) is 17.8 Å². The predicted octanol–water partition coefficient (Wildman–Crippen LogP) is 8.74. The number of nitrogens with one attached hydrogen (secondary N) is 2. The lowest BCUT2D eigenvalue weighted by atomic mass is 9.68. The maximum atomic E-state index is 14.6. The van der Waals surface area contributed by atoms with E-state index in [1.165, 1.54) is 17.7 Å². The summed E-state index contributed by atoms with van der Waals surface area (Å²) in [5.74, 6) is -0.376. The van der Waals surface area contributed by atoms with E-state index in [1.807, 2.05) is 60.4 Å². The van der Waals surface area contributed by atoms with Crippen LogP contribution in [-0.2, 0) is 35.8 Å². The molecule has 72 heavy (non-hydrogen) atoms. The van der Waals surface area contributed by atoms with Gasteiger partial charge in [-0.05, 0) is 125 Å². The Labute approximate surface area is 448 Å². The van der Waals surface area contributed by atoms with Crippen molar-refractivity contribution < 1.29 is 31.9 Å². The fourth-order valence-electron chi connectivity index (χ4n) is 12.1. The number of amides is 1. The summed E-state index contributed by atoms with van der Waals surface area (Å²) in [6.07, 6.45) is 8.61. The predicted molar refractivity (Wildman–Crippen MR) is 302 cm³/mol. The highest BCUT2D eigenvalue weighted by Gasteiger charge is 2.51. The number of morpholine rings is 1. The number of sulfonamides is 1. The van der Waals surface area contributed by atoms with E-state index in [-0.39, 0.29) is 46.7 Å². The van der Waals surface area contributed by atoms with E-state index in [0.29, 0.717) is 42.9 Å². The minimum atomic E-state index is -4.24. The average molecular weight is 1150 g/mol. The quantitative estimate of drug-likeness (QED) is 0.110. The molecule has 4 aromatic rings. The number of ether oxygens (including phenoxy) is 2. The Hall–Kier alpha value is -3.61. The number of nitrogens with zero attached hydrogens (tertiary/aromatic N) is 2. The fraction of sp³-hybridized carbons (Fsp3) is 0.509. The van der Waals surface area contributed by atoms with Crippen LogP contribution in [0.4, 0.5) is 5.69 Å². The standard InChI is InChI=1S/C49H57ClN2O6SSi.C7H14N2O.CH3I/c1-34-13-11-19-44(53)41-23-20-37(41)31-52-32-49(27-12-14-35-29-38(50)22-24-42(35)49)33-57-45-25-21-36(30-43(45)52)47(54)51-59(55,56)46(34)26-28-58-60(48(2,3)4,39-15-7-5-8-16-39)40-17-9-6-10-18-40;1-2-9-3-4-10-6-7(9)5-8-1;1-2/h5-11,15-19,21-22,24-25,29-30,34,37,41,46H,12-14,20,23,26-28,31-33H2,1-4H3,(H,51,54);7-8H,1-6H2;1H3/b19-11+;;/t34-,37-,41+,46+,49-;7-;/m00./s1. The minimum absolute atomic E-state index is 0.0840. The summed E-state index contributed by atoms with van der Waals surface area (Å²) in [6.45, 7) is 16.8. The third-order valence-corrected chi connectivity index (χ3v) is 23.3. The number of aryl methyl sites for hydroxylation is 1. The van der Waals surface area contributed by atoms with Crippen molar-refractivity contribution in [2.24, 2.45) is 17.8 Å². The summed E-state index contributed by atoms with van der Waals surface area (Å²) in [7, 11) is -7.21. The van der Waals surface area contributed by atoms with Crippen LogP contribution in [0.25, 0.3) is 0 Å². The van der Waals surface area contributed by atoms with Crippen molar-refractivity contribution in [3.8, 4) is 5.75 Å². The number of anilines is 1. The van der Waals surface area contributed by atoms with Crippen LogP contribution in [0.15, 0.2) is 109 Å². The normalized spacial score (nSPS) is 26.8. The molecule has 2 aliphatic carbocycles. The topological polar surface area (TPSA) is 127 Å². The van der Waals surface area contributed by atoms with Gasteiger partial charge >= 0.3 is 0 Å². The Kier molecular flexibility index (Phi) is 18.2. The lowest BCUT2D eigenvalue weighted by molar-refractivity contribution is -0.122. The zero-order valence-corrected chi connectivity index (χ0v) is 47.4. The van der Waals surface area contributed by atoms with Crippen LogP contribution in [-0.4, -0.2) is 115 Å². The van der Waals surface area contributed by atoms with Crippen molar-refractivity contribution in [1.29, 1.82) is 0 Å². The first-order valence-electron chi connectivity index (χ1n) is 25.9. The molecule has 388 valence electrons. The Bertz CT molecular complexity index is 2570. The number of ketones is 1. The van der Waals surface area contributed by atoms with Crippen LogP contribution in [0.1, 0.15) is 87.7 Å². The smallest absolute Gasteiger partial charge is 0.264 e. The molecule has 1 amide bonds. The molecular weight excluding hydrogens is 1080 g/mol. The van der Waals surface area contributed by atoms with Crippen LogP contribution in [0.5, 0.6) is 5.75 Å². The lowest BCUT2D eigenvalue weighted by Crippen LogP contribution is -2.66. The number of alkyl halides is 1. The number of allylic oxidation sites excluding steroid dienone is 2. The maximum Gasteiger partial charge on any atom is 0.264 e. The number of rotatable bonds is 6. The number of fused-ring (bicyclic) bond motifs is 5. The van der Waals surface area contributed by atoms with Gasteiger partial charge in [0.05, 0.1) is 30.8 Å². The van der Waals surface area contributed by atoms with Crippen molar-refractivity contribution in [2.45, 2.75) is 94.4 Å². The van der Waals surface area contributed by atoms with Gasteiger partial charge in [0.1, 0.15) is 5.75 Å². The van der Waals surface area contributed by atoms with Gasteiger partial charge in [-0.1, -0.05) is 135 Å². The number of piperazine rings is 1. The highest BCUT2D eigenvalue weighted by molar-refractivity contribution is 14.1. The molecule has 15 heteroatoms. The summed E-state index contributed by atoms with van der Waals surface area (Å²) in [6, 6.07) is 32.6. The van der Waals surface area contributed by atoms with Gasteiger partial charge in [-0.25, -0.2) is 13.1 Å². The van der Waals surface area contributed by atoms with Crippen LogP contribution in [0.3, 0.4) is 0 Å². The van der Waals surface area contributed by atoms with Gasteiger partial charge < -0.3 is 24.1 Å². The van der Waals surface area contributed by atoms with E-state index in [9.17, 15) is 18.0 Å². The van der Waals surface area contributed by atoms with E-state index in [4.69, 9.17) is 25.5 Å². The Morgan fingerprint density at radius 3 is 2.36 bits per heavy atom. The van der Waals surface area contributed by atoms with E-state index in [0.717, 1.165) is 81.0 Å². The molecular formula is C57H74ClIN4O7SSi. The molecule has 2 N–H and O–H groups in total. The summed E-state index contributed by atoms with van der Waals surface area (Å²) < 4.78 is 50.8. The molecule has 1 saturated carbocycles. The summed E-state index contributed by atoms with van der Waals surface area (Å²) in [5.41, 5.74) is 3.10. The second-order valence-corrected chi connectivity index (χ2v) is 28.2. The van der Waals surface area contributed by atoms with E-state index >= 15 is 0 Å². The van der Waals surface area contributed by atoms with Gasteiger partial charge in [0.15, 0.2) is 5.78 Å². The molecule has 2 bridgehead atoms. The molecule has 4 aliphatic heterocycles. The zero-order chi connectivity index (χ0) is 51.1. The number of benzene rings is 4. The lowest BCUT2D eigenvalue weighted by Gasteiger charge is -2.44. The van der Waals surface area contributed by atoms with Crippen molar-refractivity contribution in [3.05, 3.63) is 131 Å². The summed E-state index contributed by atoms with van der Waals surface area (Å²) >= 11 is 8.62. The number of hydrogen-bond donors (Lipinski definition) is 2. The molecule has 6 aliphatic rings. The number of halogens is 2. The van der Waals surface area contributed by atoms with Crippen LogP contribution < -0.4 is 30.0 Å². The highest BCUT2D eigenvalue weighted by atomic mass is 127. The average Bonchev–Trinajstić information content (AvgIpc) is 3.52. The summed E-state index contributed by atoms with van der Waals surface area (Å²) in [5, 5.41) is 5.00. The largest absolute Gasteiger partial charge is 0.490 e. The molecule has 4 heterocycles. The number of carbonyl (C=O) groups is 2. The van der Waals surface area contributed by atoms with E-state index in [1.54, 1.807) is 24.3 Å². The molecule has 0 radical (unpaired) electrons. The van der Waals surface area contributed by atoms with Crippen molar-refractivity contribution in [1.82, 2.24) is 14.9 Å². The molecule has 4 aromatic carbocycles. The molecule has 10 rings (SSSR count). The monoisotopic (exact) mass is 1150 g/mol. The Morgan fingerprint density at radius 1 is 0.944 bits per heavy atom. The van der Waals surface area contributed by atoms with Gasteiger partial charge in [-0.2, -0.15) is 0 Å². The third-order valence-electron chi connectivity index (χ3n) is 16.0. The fourth-order valence-corrected chi connectivity index (χ4v) is 18.6. The Balaban J connectivity index is 0.000000507. The highest BCUT2D eigenvalue weighted by Crippen LogP contribution is 2.47. The zero-order valence-electron chi connectivity index (χ0n) is 42.7. The molecule has 1 spiro atoms. The second-order valence-electron chi connectivity index (χ2n) is 21.5. The number of hydrogen-bond acceptors (Lipinski definition) is 10. The molecule has 6 atom stereocenters. The van der Waals surface area contributed by atoms with Crippen LogP contribution >= 0.6 is 34.2 Å². The maximum absolute atomic E-state index is 14.6. The SMILES string of the molecule is C1CN2CCOC[C@@H]2CN1.CI.C[C@H]1C/C=C/C(=O)[C@@H]2CC[C@H]2CN2C[C@@]3(CCCc4cc(Cl)ccc43)COc3ccc(cc32)C(=O)NS(=O)(=O)[C@@H]1CCO[Si](c1ccccc1)(c1ccccc1)C(C)(C)C. The molecule has 2 saturated heterocycles. The van der Waals surface area contributed by atoms with Gasteiger partial charge in [0.25, 0.3) is 14.2 Å².